The number of carbonyl (C=O) groups excluding carboxylic acids is 1. The van der Waals surface area contributed by atoms with Crippen molar-refractivity contribution in [1.29, 1.82) is 0 Å². The highest BCUT2D eigenvalue weighted by atomic mass is 79.9. The molecule has 0 aliphatic carbocycles. The monoisotopic (exact) mass is 356 g/mol. The van der Waals surface area contributed by atoms with E-state index in [-0.39, 0.29) is 11.4 Å². The van der Waals surface area contributed by atoms with E-state index < -0.39 is 9.93 Å². The van der Waals surface area contributed by atoms with Crippen LogP contribution in [-0.4, -0.2) is 15.7 Å². The summed E-state index contributed by atoms with van der Waals surface area (Å²) in [6, 6.07) is 7.45. The number of hydrogen-bond donors (Lipinski definition) is 0. The fourth-order valence-corrected chi connectivity index (χ4v) is 1.87. The Morgan fingerprint density at radius 3 is 1.76 bits per heavy atom. The van der Waals surface area contributed by atoms with Crippen LogP contribution in [0.3, 0.4) is 0 Å². The van der Waals surface area contributed by atoms with E-state index in [1.807, 2.05) is 72.7 Å². The SMILES string of the molecule is CC(C)(C)OOC(C)(C)c1ccc(C(=O)C(C)(C)Br)cc1. The second kappa shape index (κ2) is 6.19. The molecule has 0 amide bonds. The van der Waals surface area contributed by atoms with Crippen LogP contribution in [0.1, 0.15) is 64.4 Å². The third-order valence-corrected chi connectivity index (χ3v) is 3.24. The van der Waals surface area contributed by atoms with Gasteiger partial charge in [0.05, 0.1) is 9.93 Å². The highest BCUT2D eigenvalue weighted by Gasteiger charge is 2.28. The largest absolute Gasteiger partial charge is 0.293 e. The van der Waals surface area contributed by atoms with Crippen LogP contribution < -0.4 is 0 Å². The number of Topliss-reactive ketones (excluding diaryl/α,β-unsaturated/α-hetero) is 1. The smallest absolute Gasteiger partial charge is 0.178 e. The first-order valence-electron chi connectivity index (χ1n) is 7.04. The normalized spacial score (nSPS) is 13.3. The molecule has 1 aromatic rings. The molecule has 4 heteroatoms. The molecule has 0 saturated heterocycles. The molecule has 118 valence electrons. The van der Waals surface area contributed by atoms with E-state index in [0.717, 1.165) is 5.56 Å². The van der Waals surface area contributed by atoms with Gasteiger partial charge < -0.3 is 0 Å². The van der Waals surface area contributed by atoms with Crippen molar-refractivity contribution in [3.63, 3.8) is 0 Å². The van der Waals surface area contributed by atoms with Crippen molar-refractivity contribution >= 4 is 21.7 Å². The molecule has 21 heavy (non-hydrogen) atoms. The van der Waals surface area contributed by atoms with E-state index in [1.165, 1.54) is 0 Å². The molecule has 0 atom stereocenters. The predicted octanol–water partition coefficient (Wildman–Crippen LogP) is 5.02. The van der Waals surface area contributed by atoms with E-state index in [4.69, 9.17) is 9.78 Å². The van der Waals surface area contributed by atoms with Crippen LogP contribution in [0.15, 0.2) is 24.3 Å². The topological polar surface area (TPSA) is 35.5 Å². The van der Waals surface area contributed by atoms with Gasteiger partial charge in [0.25, 0.3) is 0 Å². The highest BCUT2D eigenvalue weighted by molar-refractivity contribution is 9.10. The lowest BCUT2D eigenvalue weighted by Crippen LogP contribution is -2.29. The summed E-state index contributed by atoms with van der Waals surface area (Å²) in [6.07, 6.45) is 0. The molecule has 0 saturated carbocycles. The molecule has 0 heterocycles. The van der Waals surface area contributed by atoms with Crippen LogP contribution in [0.25, 0.3) is 0 Å². The maximum Gasteiger partial charge on any atom is 0.178 e. The molecule has 1 aromatic carbocycles. The van der Waals surface area contributed by atoms with Crippen molar-refractivity contribution in [2.45, 2.75) is 64.0 Å². The van der Waals surface area contributed by atoms with Crippen LogP contribution in [-0.2, 0) is 15.4 Å². The van der Waals surface area contributed by atoms with Crippen LogP contribution >= 0.6 is 15.9 Å². The second-order valence-corrected chi connectivity index (χ2v) is 9.15. The number of carbonyl (C=O) groups is 1. The summed E-state index contributed by atoms with van der Waals surface area (Å²) in [7, 11) is 0. The highest BCUT2D eigenvalue weighted by Crippen LogP contribution is 2.29. The number of rotatable bonds is 5. The average molecular weight is 357 g/mol. The molecule has 0 spiro atoms. The molecule has 0 unspecified atom stereocenters. The van der Waals surface area contributed by atoms with Gasteiger partial charge in [0.15, 0.2) is 5.78 Å². The molecular weight excluding hydrogens is 332 g/mol. The van der Waals surface area contributed by atoms with E-state index in [1.54, 1.807) is 0 Å². The lowest BCUT2D eigenvalue weighted by atomic mass is 9.94. The Kier molecular flexibility index (Phi) is 5.40. The minimum Gasteiger partial charge on any atom is -0.293 e. The number of alkyl halides is 1. The standard InChI is InChI=1S/C17H25BrO3/c1-15(2,3)20-21-17(6,7)13-10-8-12(9-11-13)14(19)16(4,5)18/h8-11H,1-7H3. The molecule has 0 aliphatic rings. The number of halogens is 1. The number of ketones is 1. The molecule has 0 aromatic heterocycles. The van der Waals surface area contributed by atoms with Crippen molar-refractivity contribution in [1.82, 2.24) is 0 Å². The van der Waals surface area contributed by atoms with Crippen molar-refractivity contribution in [3.8, 4) is 0 Å². The predicted molar refractivity (Wildman–Crippen MR) is 88.7 cm³/mol. The summed E-state index contributed by atoms with van der Waals surface area (Å²) in [4.78, 5) is 23.1. The van der Waals surface area contributed by atoms with Crippen molar-refractivity contribution in [2.24, 2.45) is 0 Å². The van der Waals surface area contributed by atoms with Gasteiger partial charge in [-0.1, -0.05) is 40.2 Å². The minimum atomic E-state index is -0.585. The summed E-state index contributed by atoms with van der Waals surface area (Å²) in [6.45, 7) is 13.4. The van der Waals surface area contributed by atoms with Gasteiger partial charge in [-0.05, 0) is 54.0 Å². The third kappa shape index (κ3) is 5.53. The van der Waals surface area contributed by atoms with Crippen LogP contribution in [0.5, 0.6) is 0 Å². The van der Waals surface area contributed by atoms with Crippen LogP contribution in [0.4, 0.5) is 0 Å². The minimum absolute atomic E-state index is 0.0544. The van der Waals surface area contributed by atoms with Crippen LogP contribution in [0.2, 0.25) is 0 Å². The van der Waals surface area contributed by atoms with Gasteiger partial charge in [-0.3, -0.25) is 4.79 Å². The maximum absolute atomic E-state index is 12.2. The Labute approximate surface area is 136 Å². The first kappa shape index (κ1) is 18.3. The first-order valence-corrected chi connectivity index (χ1v) is 7.83. The van der Waals surface area contributed by atoms with Crippen molar-refractivity contribution < 1.29 is 14.6 Å². The van der Waals surface area contributed by atoms with Gasteiger partial charge in [0.2, 0.25) is 0 Å². The van der Waals surface area contributed by atoms with Crippen LogP contribution in [0, 0.1) is 0 Å². The van der Waals surface area contributed by atoms with E-state index in [9.17, 15) is 4.79 Å². The fourth-order valence-electron chi connectivity index (χ4n) is 1.64. The summed E-state index contributed by atoms with van der Waals surface area (Å²) < 4.78 is -0.560. The zero-order chi connectivity index (χ0) is 16.5. The quantitative estimate of drug-likeness (QED) is 0.321. The molecule has 0 aliphatic heterocycles. The summed E-state index contributed by atoms with van der Waals surface area (Å²) >= 11 is 3.39. The Balaban J connectivity index is 2.89. The number of benzene rings is 1. The maximum atomic E-state index is 12.2. The second-order valence-electron chi connectivity index (χ2n) is 7.17. The van der Waals surface area contributed by atoms with Gasteiger partial charge in [-0.2, -0.15) is 0 Å². The van der Waals surface area contributed by atoms with Gasteiger partial charge in [0, 0.05) is 5.56 Å². The summed E-state index contributed by atoms with van der Waals surface area (Å²) in [5.74, 6) is 0.0544. The fraction of sp³-hybridized carbons (Fsp3) is 0.588. The van der Waals surface area contributed by atoms with Crippen molar-refractivity contribution in [3.05, 3.63) is 35.4 Å². The van der Waals surface area contributed by atoms with Gasteiger partial charge >= 0.3 is 0 Å². The molecule has 0 fully saturated rings. The third-order valence-electron chi connectivity index (χ3n) is 2.88. The molecule has 3 nitrogen and oxygen atoms in total. The zero-order valence-electron chi connectivity index (χ0n) is 13.9. The van der Waals surface area contributed by atoms with Gasteiger partial charge in [-0.15, -0.1) is 0 Å². The first-order chi connectivity index (χ1) is 9.33. The van der Waals surface area contributed by atoms with E-state index in [0.29, 0.717) is 5.56 Å². The lowest BCUT2D eigenvalue weighted by molar-refractivity contribution is -0.401. The molecule has 0 bridgehead atoms. The lowest BCUT2D eigenvalue weighted by Gasteiger charge is -2.29. The Morgan fingerprint density at radius 1 is 0.905 bits per heavy atom. The number of hydrogen-bond acceptors (Lipinski definition) is 3. The molecule has 1 rings (SSSR count). The zero-order valence-corrected chi connectivity index (χ0v) is 15.5. The van der Waals surface area contributed by atoms with Gasteiger partial charge in [-0.25, -0.2) is 9.78 Å². The Hall–Kier alpha value is -0.710. The Morgan fingerprint density at radius 2 is 1.38 bits per heavy atom. The van der Waals surface area contributed by atoms with Gasteiger partial charge in [0.1, 0.15) is 5.60 Å². The summed E-state index contributed by atoms with van der Waals surface area (Å²) in [5.41, 5.74) is 0.676. The summed E-state index contributed by atoms with van der Waals surface area (Å²) in [5, 5.41) is 0. The van der Waals surface area contributed by atoms with E-state index in [2.05, 4.69) is 15.9 Å². The van der Waals surface area contributed by atoms with Crippen molar-refractivity contribution in [2.75, 3.05) is 0 Å². The average Bonchev–Trinajstić information content (AvgIpc) is 2.34. The van der Waals surface area contributed by atoms with E-state index >= 15 is 0 Å². The molecule has 0 N–H and O–H groups in total. The molecular formula is C17H25BrO3. The Bertz CT molecular complexity index is 490. The molecule has 0 radical (unpaired) electrons.